The van der Waals surface area contributed by atoms with Gasteiger partial charge in [-0.15, -0.1) is 0 Å². The molecule has 8 heteroatoms. The third-order valence-corrected chi connectivity index (χ3v) is 6.18. The Morgan fingerprint density at radius 3 is 2.31 bits per heavy atom. The summed E-state index contributed by atoms with van der Waals surface area (Å²) in [5.41, 5.74) is 4.67. The van der Waals surface area contributed by atoms with Gasteiger partial charge in [0.1, 0.15) is 0 Å². The summed E-state index contributed by atoms with van der Waals surface area (Å²) < 4.78 is 11.1. The van der Waals surface area contributed by atoms with Crippen LogP contribution in [-0.4, -0.2) is 44.4 Å². The van der Waals surface area contributed by atoms with Crippen molar-refractivity contribution in [3.63, 3.8) is 0 Å². The van der Waals surface area contributed by atoms with E-state index < -0.39 is 0 Å². The molecule has 2 aromatic rings. The molecule has 2 aromatic carbocycles. The second-order valence-corrected chi connectivity index (χ2v) is 9.28. The molecule has 0 heterocycles. The molecule has 0 aliphatic heterocycles. The highest BCUT2D eigenvalue weighted by molar-refractivity contribution is 5.93. The quantitative estimate of drug-likeness (QED) is 0.280. The van der Waals surface area contributed by atoms with Crippen molar-refractivity contribution in [3.8, 4) is 11.5 Å². The molecule has 0 saturated heterocycles. The van der Waals surface area contributed by atoms with Crippen LogP contribution in [0.1, 0.15) is 60.8 Å². The van der Waals surface area contributed by atoms with E-state index >= 15 is 0 Å². The summed E-state index contributed by atoms with van der Waals surface area (Å²) in [6.07, 6.45) is 8.33. The van der Waals surface area contributed by atoms with E-state index in [1.165, 1.54) is 26.2 Å². The minimum absolute atomic E-state index is 0.125. The predicted molar refractivity (Wildman–Crippen MR) is 141 cm³/mol. The highest BCUT2D eigenvalue weighted by Crippen LogP contribution is 2.28. The Kier molecular flexibility index (Phi) is 10.2. The second kappa shape index (κ2) is 13.5. The van der Waals surface area contributed by atoms with Crippen molar-refractivity contribution in [1.82, 2.24) is 5.32 Å². The fourth-order valence-electron chi connectivity index (χ4n) is 4.47. The molecule has 0 unspecified atom stereocenters. The standard InChI is InChI=1S/C28H37N3O5/c1-19-13-20(2)28(21(3)14-19)31-26(32)17-35-24-12-11-22(15-25(24)34-4)16-29-36-18-27(33)30-23-9-7-5-6-8-10-23/h11-16,23H,5-10,17-18H2,1-4H3,(H,30,33)(H,31,32)/b29-16-. The maximum atomic E-state index is 12.5. The van der Waals surface area contributed by atoms with E-state index in [-0.39, 0.29) is 31.1 Å². The van der Waals surface area contributed by atoms with Crippen LogP contribution < -0.4 is 20.1 Å². The molecule has 1 aliphatic carbocycles. The van der Waals surface area contributed by atoms with Crippen molar-refractivity contribution in [2.24, 2.45) is 5.16 Å². The zero-order chi connectivity index (χ0) is 25.9. The maximum Gasteiger partial charge on any atom is 0.262 e. The summed E-state index contributed by atoms with van der Waals surface area (Å²) in [4.78, 5) is 29.7. The summed E-state index contributed by atoms with van der Waals surface area (Å²) >= 11 is 0. The summed E-state index contributed by atoms with van der Waals surface area (Å²) in [5, 5.41) is 9.84. The van der Waals surface area contributed by atoms with Crippen LogP contribution >= 0.6 is 0 Å². The second-order valence-electron chi connectivity index (χ2n) is 9.28. The number of rotatable bonds is 10. The third kappa shape index (κ3) is 8.29. The Morgan fingerprint density at radius 2 is 1.64 bits per heavy atom. The summed E-state index contributed by atoms with van der Waals surface area (Å²) in [7, 11) is 1.52. The van der Waals surface area contributed by atoms with Crippen molar-refractivity contribution in [3.05, 3.63) is 52.6 Å². The fourth-order valence-corrected chi connectivity index (χ4v) is 4.47. The molecule has 0 aromatic heterocycles. The number of methoxy groups -OCH3 is 1. The van der Waals surface area contributed by atoms with Crippen molar-refractivity contribution in [1.29, 1.82) is 0 Å². The SMILES string of the molecule is COc1cc(/C=N\OCC(=O)NC2CCCCCC2)ccc1OCC(=O)Nc1c(C)cc(C)cc1C. The van der Waals surface area contributed by atoms with Gasteiger partial charge in [-0.25, -0.2) is 0 Å². The summed E-state index contributed by atoms with van der Waals surface area (Å²) in [6.45, 7) is 5.68. The molecule has 1 fully saturated rings. The number of carbonyl (C=O) groups excluding carboxylic acids is 2. The number of nitrogens with one attached hydrogen (secondary N) is 2. The van der Waals surface area contributed by atoms with Gasteiger partial charge in [0.2, 0.25) is 0 Å². The molecule has 1 saturated carbocycles. The number of carbonyl (C=O) groups is 2. The molecule has 8 nitrogen and oxygen atoms in total. The predicted octanol–water partition coefficient (Wildman–Crippen LogP) is 4.83. The van der Waals surface area contributed by atoms with E-state index in [0.29, 0.717) is 17.1 Å². The summed E-state index contributed by atoms with van der Waals surface area (Å²) in [5.74, 6) is 0.481. The molecule has 0 radical (unpaired) electrons. The average molecular weight is 496 g/mol. The number of amides is 2. The van der Waals surface area contributed by atoms with Gasteiger partial charge in [-0.1, -0.05) is 48.5 Å². The normalized spacial score (nSPS) is 14.2. The van der Waals surface area contributed by atoms with Crippen LogP contribution in [0.25, 0.3) is 0 Å². The minimum atomic E-state index is -0.256. The first-order chi connectivity index (χ1) is 17.4. The Morgan fingerprint density at radius 1 is 0.944 bits per heavy atom. The van der Waals surface area contributed by atoms with Crippen molar-refractivity contribution in [2.45, 2.75) is 65.3 Å². The van der Waals surface area contributed by atoms with Gasteiger partial charge in [0.15, 0.2) is 24.7 Å². The maximum absolute atomic E-state index is 12.5. The van der Waals surface area contributed by atoms with Crippen LogP contribution in [0.4, 0.5) is 5.69 Å². The van der Waals surface area contributed by atoms with Gasteiger partial charge in [-0.2, -0.15) is 0 Å². The minimum Gasteiger partial charge on any atom is -0.493 e. The number of oxime groups is 1. The lowest BCUT2D eigenvalue weighted by Crippen LogP contribution is -2.36. The lowest BCUT2D eigenvalue weighted by Gasteiger charge is -2.15. The number of hydrogen-bond donors (Lipinski definition) is 2. The Labute approximate surface area is 213 Å². The topological polar surface area (TPSA) is 98.2 Å². The first-order valence-corrected chi connectivity index (χ1v) is 12.5. The van der Waals surface area contributed by atoms with E-state index in [9.17, 15) is 9.59 Å². The van der Waals surface area contributed by atoms with Gasteiger partial charge in [0, 0.05) is 17.3 Å². The number of ether oxygens (including phenoxy) is 2. The van der Waals surface area contributed by atoms with E-state index in [1.54, 1.807) is 18.2 Å². The van der Waals surface area contributed by atoms with Crippen LogP contribution in [0.2, 0.25) is 0 Å². The van der Waals surface area contributed by atoms with Crippen LogP contribution in [0.5, 0.6) is 11.5 Å². The fraction of sp³-hybridized carbons (Fsp3) is 0.464. The molecule has 194 valence electrons. The van der Waals surface area contributed by atoms with Gasteiger partial charge in [-0.05, 0) is 62.9 Å². The van der Waals surface area contributed by atoms with Gasteiger partial charge in [0.25, 0.3) is 11.8 Å². The molecule has 0 atom stereocenters. The zero-order valence-corrected chi connectivity index (χ0v) is 21.7. The number of benzene rings is 2. The molecular formula is C28H37N3O5. The number of nitrogens with zero attached hydrogens (tertiary/aromatic N) is 1. The van der Waals surface area contributed by atoms with Gasteiger partial charge >= 0.3 is 0 Å². The average Bonchev–Trinajstić information content (AvgIpc) is 3.11. The molecule has 1 aliphatic rings. The van der Waals surface area contributed by atoms with E-state index in [1.807, 2.05) is 32.9 Å². The largest absolute Gasteiger partial charge is 0.493 e. The Balaban J connectivity index is 1.48. The van der Waals surface area contributed by atoms with E-state index in [0.717, 1.165) is 48.1 Å². The van der Waals surface area contributed by atoms with E-state index in [2.05, 4.69) is 15.8 Å². The first-order valence-electron chi connectivity index (χ1n) is 12.5. The third-order valence-electron chi connectivity index (χ3n) is 6.18. The molecule has 2 amide bonds. The van der Waals surface area contributed by atoms with Crippen LogP contribution in [-0.2, 0) is 14.4 Å². The van der Waals surface area contributed by atoms with Crippen molar-refractivity contribution in [2.75, 3.05) is 25.6 Å². The number of hydrogen-bond acceptors (Lipinski definition) is 6. The van der Waals surface area contributed by atoms with Crippen LogP contribution in [0, 0.1) is 20.8 Å². The monoisotopic (exact) mass is 495 g/mol. The number of anilines is 1. The van der Waals surface area contributed by atoms with Crippen molar-refractivity contribution >= 4 is 23.7 Å². The molecular weight excluding hydrogens is 458 g/mol. The van der Waals surface area contributed by atoms with Gasteiger partial charge in [-0.3, -0.25) is 9.59 Å². The van der Waals surface area contributed by atoms with Gasteiger partial charge in [0.05, 0.1) is 13.3 Å². The highest BCUT2D eigenvalue weighted by atomic mass is 16.6. The Bertz CT molecular complexity index is 1050. The van der Waals surface area contributed by atoms with Crippen molar-refractivity contribution < 1.29 is 23.9 Å². The Hall–Kier alpha value is -3.55. The highest BCUT2D eigenvalue weighted by Gasteiger charge is 2.15. The van der Waals surface area contributed by atoms with Gasteiger partial charge < -0.3 is 24.9 Å². The summed E-state index contributed by atoms with van der Waals surface area (Å²) in [6, 6.07) is 9.48. The van der Waals surface area contributed by atoms with E-state index in [4.69, 9.17) is 14.3 Å². The molecule has 0 spiro atoms. The van der Waals surface area contributed by atoms with Crippen LogP contribution in [0.3, 0.4) is 0 Å². The smallest absolute Gasteiger partial charge is 0.262 e. The lowest BCUT2D eigenvalue weighted by atomic mass is 10.1. The zero-order valence-electron chi connectivity index (χ0n) is 21.7. The molecule has 2 N–H and O–H groups in total. The molecule has 36 heavy (non-hydrogen) atoms. The first kappa shape index (κ1) is 27.0. The lowest BCUT2D eigenvalue weighted by molar-refractivity contribution is -0.126. The molecule has 0 bridgehead atoms. The molecule has 3 rings (SSSR count). The number of aryl methyl sites for hydroxylation is 3. The van der Waals surface area contributed by atoms with Crippen LogP contribution in [0.15, 0.2) is 35.5 Å².